The molecular formula is C50H28N4O3. The zero-order valence-corrected chi connectivity index (χ0v) is 30.2. The largest absolute Gasteiger partial charge is 0.456 e. The normalized spacial score (nSPS) is 11.9. The highest BCUT2D eigenvalue weighted by atomic mass is 16.4. The lowest BCUT2D eigenvalue weighted by Crippen LogP contribution is -2.01. The number of hydrogen-bond acceptors (Lipinski definition) is 7. The molecule has 4 heterocycles. The summed E-state index contributed by atoms with van der Waals surface area (Å²) in [6.45, 7) is 0. The third-order valence-electron chi connectivity index (χ3n) is 10.8. The molecule has 0 unspecified atom stereocenters. The molecule has 0 saturated heterocycles. The fourth-order valence-corrected chi connectivity index (χ4v) is 8.20. The van der Waals surface area contributed by atoms with E-state index in [4.69, 9.17) is 33.2 Å². The first-order chi connectivity index (χ1) is 28.2. The summed E-state index contributed by atoms with van der Waals surface area (Å²) < 4.78 is 19.1. The Balaban J connectivity index is 1.06. The molecule has 0 amide bonds. The molecule has 0 radical (unpaired) electrons. The summed E-state index contributed by atoms with van der Waals surface area (Å²) in [5.74, 6) is 2.33. The summed E-state index contributed by atoms with van der Waals surface area (Å²) in [6.07, 6.45) is 0. The van der Waals surface area contributed by atoms with Gasteiger partial charge in [0.15, 0.2) is 23.1 Å². The minimum Gasteiger partial charge on any atom is -0.456 e. The summed E-state index contributed by atoms with van der Waals surface area (Å²) in [5, 5.41) is 6.06. The van der Waals surface area contributed by atoms with Crippen LogP contribution < -0.4 is 0 Å². The lowest BCUT2D eigenvalue weighted by atomic mass is 9.92. The Morgan fingerprint density at radius 3 is 1.63 bits per heavy atom. The third kappa shape index (κ3) is 4.99. The molecule has 0 spiro atoms. The highest BCUT2D eigenvalue weighted by Crippen LogP contribution is 2.43. The van der Waals surface area contributed by atoms with E-state index in [9.17, 15) is 0 Å². The maximum Gasteiger partial charge on any atom is 0.227 e. The molecule has 0 bridgehead atoms. The molecule has 0 aliphatic carbocycles. The molecule has 0 aliphatic rings. The molecule has 0 N–H and O–H groups in total. The highest BCUT2D eigenvalue weighted by Gasteiger charge is 2.21. The Labute approximate surface area is 324 Å². The van der Waals surface area contributed by atoms with Crippen LogP contribution in [0, 0.1) is 0 Å². The average Bonchev–Trinajstić information content (AvgIpc) is 3.98. The van der Waals surface area contributed by atoms with E-state index in [1.54, 1.807) is 0 Å². The van der Waals surface area contributed by atoms with Gasteiger partial charge in [0.2, 0.25) is 5.89 Å². The van der Waals surface area contributed by atoms with Crippen molar-refractivity contribution >= 4 is 65.7 Å². The van der Waals surface area contributed by atoms with Gasteiger partial charge in [0, 0.05) is 49.9 Å². The quantitative estimate of drug-likeness (QED) is 0.174. The number of oxazole rings is 1. The molecular weight excluding hydrogens is 705 g/mol. The number of para-hydroxylation sites is 1. The number of fused-ring (bicyclic) bond motifs is 8. The van der Waals surface area contributed by atoms with Crippen LogP contribution in [0.3, 0.4) is 0 Å². The Morgan fingerprint density at radius 1 is 0.298 bits per heavy atom. The van der Waals surface area contributed by atoms with Crippen molar-refractivity contribution in [2.75, 3.05) is 0 Å². The fourth-order valence-electron chi connectivity index (χ4n) is 8.20. The van der Waals surface area contributed by atoms with Crippen LogP contribution in [-0.4, -0.2) is 19.9 Å². The monoisotopic (exact) mass is 732 g/mol. The van der Waals surface area contributed by atoms with Crippen LogP contribution >= 0.6 is 0 Å². The van der Waals surface area contributed by atoms with E-state index < -0.39 is 0 Å². The van der Waals surface area contributed by atoms with Crippen LogP contribution in [0.2, 0.25) is 0 Å². The number of nitrogens with zero attached hydrogens (tertiary/aromatic N) is 4. The molecule has 12 rings (SSSR count). The van der Waals surface area contributed by atoms with E-state index in [2.05, 4.69) is 60.7 Å². The second-order valence-corrected chi connectivity index (χ2v) is 14.1. The zero-order valence-electron chi connectivity index (χ0n) is 30.2. The van der Waals surface area contributed by atoms with E-state index in [1.807, 2.05) is 109 Å². The van der Waals surface area contributed by atoms with Crippen molar-refractivity contribution in [3.8, 4) is 56.7 Å². The highest BCUT2D eigenvalue weighted by molar-refractivity contribution is 6.18. The molecule has 4 aromatic heterocycles. The van der Waals surface area contributed by atoms with Crippen molar-refractivity contribution in [1.29, 1.82) is 0 Å². The maximum atomic E-state index is 6.49. The smallest absolute Gasteiger partial charge is 0.227 e. The summed E-state index contributed by atoms with van der Waals surface area (Å²) >= 11 is 0. The van der Waals surface area contributed by atoms with Gasteiger partial charge in [-0.05, 0) is 64.4 Å². The van der Waals surface area contributed by atoms with Gasteiger partial charge in [0.05, 0.1) is 0 Å². The van der Waals surface area contributed by atoms with Gasteiger partial charge in [-0.15, -0.1) is 0 Å². The van der Waals surface area contributed by atoms with Gasteiger partial charge < -0.3 is 13.3 Å². The van der Waals surface area contributed by atoms with E-state index in [-0.39, 0.29) is 0 Å². The Morgan fingerprint density at radius 2 is 0.860 bits per heavy atom. The minimum absolute atomic E-state index is 0.577. The van der Waals surface area contributed by atoms with E-state index in [0.717, 1.165) is 93.5 Å². The van der Waals surface area contributed by atoms with Crippen LogP contribution in [0.25, 0.3) is 122 Å². The summed E-state index contributed by atoms with van der Waals surface area (Å²) in [6, 6.07) is 57.1. The molecule has 7 heteroatoms. The number of hydrogen-bond donors (Lipinski definition) is 0. The lowest BCUT2D eigenvalue weighted by molar-refractivity contribution is 0.620. The van der Waals surface area contributed by atoms with Crippen molar-refractivity contribution < 1.29 is 13.3 Å². The van der Waals surface area contributed by atoms with Crippen LogP contribution in [0.4, 0.5) is 0 Å². The second-order valence-electron chi connectivity index (χ2n) is 14.1. The van der Waals surface area contributed by atoms with Gasteiger partial charge in [-0.2, -0.15) is 0 Å². The maximum absolute atomic E-state index is 6.49. The zero-order chi connectivity index (χ0) is 37.5. The SMILES string of the molecule is c1ccc(-c2nc(-c3ccc(-c4cccc5oc6cc7nc(-c8ccccc8)oc7cc6c45)c4ccccc34)nc(-c3cccc4oc5ccccc5c34)n2)cc1. The topological polar surface area (TPSA) is 91.0 Å². The van der Waals surface area contributed by atoms with Gasteiger partial charge in [0.1, 0.15) is 27.8 Å². The van der Waals surface area contributed by atoms with Crippen molar-refractivity contribution in [3.63, 3.8) is 0 Å². The van der Waals surface area contributed by atoms with Crippen molar-refractivity contribution in [1.82, 2.24) is 19.9 Å². The molecule has 12 aromatic rings. The first-order valence-corrected chi connectivity index (χ1v) is 18.8. The van der Waals surface area contributed by atoms with Crippen LogP contribution in [-0.2, 0) is 0 Å². The van der Waals surface area contributed by atoms with Gasteiger partial charge in [-0.1, -0.05) is 121 Å². The first-order valence-electron chi connectivity index (χ1n) is 18.8. The number of aromatic nitrogens is 4. The van der Waals surface area contributed by atoms with Crippen LogP contribution in [0.1, 0.15) is 0 Å². The molecule has 0 saturated carbocycles. The van der Waals surface area contributed by atoms with Crippen molar-refractivity contribution in [2.45, 2.75) is 0 Å². The van der Waals surface area contributed by atoms with E-state index in [1.165, 1.54) is 0 Å². The number of benzene rings is 8. The van der Waals surface area contributed by atoms with Crippen molar-refractivity contribution in [2.24, 2.45) is 0 Å². The van der Waals surface area contributed by atoms with Crippen LogP contribution in [0.15, 0.2) is 183 Å². The Hall–Kier alpha value is -7.90. The Bertz CT molecular complexity index is 3530. The number of furan rings is 2. The summed E-state index contributed by atoms with van der Waals surface area (Å²) in [7, 11) is 0. The first kappa shape index (κ1) is 31.5. The van der Waals surface area contributed by atoms with E-state index in [0.29, 0.717) is 28.9 Å². The van der Waals surface area contributed by atoms with Crippen molar-refractivity contribution in [3.05, 3.63) is 170 Å². The average molecular weight is 733 g/mol. The van der Waals surface area contributed by atoms with Crippen LogP contribution in [0.5, 0.6) is 0 Å². The predicted octanol–water partition coefficient (Wildman–Crippen LogP) is 13.3. The van der Waals surface area contributed by atoms with Gasteiger partial charge >= 0.3 is 0 Å². The molecule has 7 nitrogen and oxygen atoms in total. The molecule has 57 heavy (non-hydrogen) atoms. The minimum atomic E-state index is 0.577. The fraction of sp³-hybridized carbons (Fsp3) is 0. The predicted molar refractivity (Wildman–Crippen MR) is 227 cm³/mol. The van der Waals surface area contributed by atoms with Gasteiger partial charge in [-0.3, -0.25) is 0 Å². The molecule has 266 valence electrons. The van der Waals surface area contributed by atoms with Gasteiger partial charge in [0.25, 0.3) is 0 Å². The van der Waals surface area contributed by atoms with Gasteiger partial charge in [-0.25, -0.2) is 19.9 Å². The molecule has 8 aromatic carbocycles. The molecule has 0 aliphatic heterocycles. The molecule has 0 fully saturated rings. The van der Waals surface area contributed by atoms with E-state index >= 15 is 0 Å². The Kier molecular flexibility index (Phi) is 6.79. The standard InChI is InChI=1S/C50H28N4O3/c1-3-13-29(14-4-1)47-52-48(54-49(53-47)37-21-12-24-42-46(37)36-19-9-10-22-40(36)55-42)35-26-25-33(31-17-7-8-18-32(31)35)34-20-11-23-41-45(34)38-27-44-39(28-43(38)56-41)51-50(57-44)30-15-5-2-6-16-30/h1-28H. The molecule has 0 atom stereocenters. The summed E-state index contributed by atoms with van der Waals surface area (Å²) in [5.41, 5.74) is 10.3. The summed E-state index contributed by atoms with van der Waals surface area (Å²) in [4.78, 5) is 20.3. The second kappa shape index (κ2) is 12.3. The number of rotatable bonds is 5. The lowest BCUT2D eigenvalue weighted by Gasteiger charge is -2.14. The third-order valence-corrected chi connectivity index (χ3v) is 10.8.